The summed E-state index contributed by atoms with van der Waals surface area (Å²) in [7, 11) is -3.41. The van der Waals surface area contributed by atoms with Gasteiger partial charge in [-0.15, -0.1) is 0 Å². The summed E-state index contributed by atoms with van der Waals surface area (Å²) in [6, 6.07) is 18.3. The number of fused-ring (bicyclic) bond motifs is 1. The summed E-state index contributed by atoms with van der Waals surface area (Å²) in [6.07, 6.45) is 0.993. The lowest BCUT2D eigenvalue weighted by molar-refractivity contribution is 0.180. The van der Waals surface area contributed by atoms with E-state index < -0.39 is 10.0 Å². The van der Waals surface area contributed by atoms with Crippen LogP contribution < -0.4 is 4.72 Å². The number of nitrogens with zero attached hydrogens (tertiary/aromatic N) is 1. The van der Waals surface area contributed by atoms with Crippen LogP contribution in [0.5, 0.6) is 0 Å². The first-order chi connectivity index (χ1) is 14.0. The van der Waals surface area contributed by atoms with E-state index in [1.807, 2.05) is 31.2 Å². The lowest BCUT2D eigenvalue weighted by atomic mass is 9.97. The molecule has 0 fully saturated rings. The Morgan fingerprint density at radius 1 is 1.07 bits per heavy atom. The van der Waals surface area contributed by atoms with Crippen LogP contribution in [-0.2, 0) is 28.7 Å². The van der Waals surface area contributed by atoms with E-state index in [1.54, 1.807) is 11.3 Å². The zero-order chi connectivity index (χ0) is 20.3. The number of nitrogens with one attached hydrogen (secondary N) is 1. The first-order valence-corrected chi connectivity index (χ1v) is 12.5. The molecule has 3 aromatic rings. The second kappa shape index (κ2) is 8.79. The molecule has 4 nitrogen and oxygen atoms in total. The van der Waals surface area contributed by atoms with Gasteiger partial charge in [-0.2, -0.15) is 11.3 Å². The Morgan fingerprint density at radius 2 is 1.83 bits per heavy atom. The van der Waals surface area contributed by atoms with Crippen molar-refractivity contribution < 1.29 is 8.42 Å². The first-order valence-electron chi connectivity index (χ1n) is 9.86. The van der Waals surface area contributed by atoms with Crippen LogP contribution >= 0.6 is 11.3 Å². The lowest BCUT2D eigenvalue weighted by Gasteiger charge is -2.35. The Bertz CT molecular complexity index is 1040. The normalized spacial score (nSPS) is 15.8. The van der Waals surface area contributed by atoms with E-state index in [9.17, 15) is 8.42 Å². The minimum atomic E-state index is -3.41. The summed E-state index contributed by atoms with van der Waals surface area (Å²) in [6.45, 7) is 4.15. The molecule has 1 aromatic heterocycles. The average Bonchev–Trinajstić information content (AvgIpc) is 3.24. The summed E-state index contributed by atoms with van der Waals surface area (Å²) in [5.74, 6) is 0.00642. The molecule has 0 spiro atoms. The van der Waals surface area contributed by atoms with Crippen LogP contribution in [0.4, 0.5) is 0 Å². The summed E-state index contributed by atoms with van der Waals surface area (Å²) in [5, 5.41) is 4.18. The molecule has 2 aromatic carbocycles. The predicted molar refractivity (Wildman–Crippen MR) is 119 cm³/mol. The number of aryl methyl sites for hydroxylation is 1. The fourth-order valence-electron chi connectivity index (χ4n) is 3.87. The van der Waals surface area contributed by atoms with Crippen molar-refractivity contribution in [1.29, 1.82) is 0 Å². The third kappa shape index (κ3) is 5.14. The summed E-state index contributed by atoms with van der Waals surface area (Å²) in [4.78, 5) is 2.39. The zero-order valence-corrected chi connectivity index (χ0v) is 18.2. The molecule has 0 bridgehead atoms. The van der Waals surface area contributed by atoms with Gasteiger partial charge in [0, 0.05) is 25.7 Å². The molecule has 0 radical (unpaired) electrons. The first kappa shape index (κ1) is 20.3. The van der Waals surface area contributed by atoms with E-state index in [1.165, 1.54) is 16.7 Å². The molecule has 152 valence electrons. The highest BCUT2D eigenvalue weighted by atomic mass is 32.2. The second-order valence-electron chi connectivity index (χ2n) is 7.65. The van der Waals surface area contributed by atoms with Gasteiger partial charge >= 0.3 is 0 Å². The lowest BCUT2D eigenvalue weighted by Crippen LogP contribution is -2.40. The highest BCUT2D eigenvalue weighted by Gasteiger charge is 2.26. The molecule has 6 heteroatoms. The predicted octanol–water partition coefficient (Wildman–Crippen LogP) is 4.28. The van der Waals surface area contributed by atoms with Crippen LogP contribution in [0.15, 0.2) is 65.4 Å². The number of hydrogen-bond acceptors (Lipinski definition) is 4. The minimum Gasteiger partial charge on any atom is -0.290 e. The maximum atomic E-state index is 12.7. The largest absolute Gasteiger partial charge is 0.290 e. The van der Waals surface area contributed by atoms with Crippen LogP contribution in [0.2, 0.25) is 0 Å². The molecule has 29 heavy (non-hydrogen) atoms. The standard InChI is InChI=1S/C23H26N2O2S2/c1-18-6-8-19(9-7-18)17-29(26,27)24-14-23(22-11-13-28-16-22)25-12-10-20-4-2-3-5-21(20)15-25/h2-9,11,13,16,23-24H,10,12,14-15,17H2,1H3/t23-/m0/s1. The topological polar surface area (TPSA) is 49.4 Å². The molecule has 0 aliphatic carbocycles. The third-order valence-electron chi connectivity index (χ3n) is 5.50. The Hall–Kier alpha value is -1.99. The van der Waals surface area contributed by atoms with E-state index >= 15 is 0 Å². The Kier molecular flexibility index (Phi) is 6.15. The summed E-state index contributed by atoms with van der Waals surface area (Å²) >= 11 is 1.65. The molecular weight excluding hydrogens is 400 g/mol. The molecule has 0 unspecified atom stereocenters. The van der Waals surface area contributed by atoms with Crippen LogP contribution in [0.25, 0.3) is 0 Å². The van der Waals surface area contributed by atoms with Crippen LogP contribution in [0.1, 0.15) is 33.9 Å². The fraction of sp³-hybridized carbons (Fsp3) is 0.304. The van der Waals surface area contributed by atoms with E-state index in [0.717, 1.165) is 30.6 Å². The van der Waals surface area contributed by atoms with Crippen LogP contribution in [0, 0.1) is 6.92 Å². The summed E-state index contributed by atoms with van der Waals surface area (Å²) in [5.41, 5.74) is 5.84. The van der Waals surface area contributed by atoms with Crippen molar-refractivity contribution in [3.63, 3.8) is 0 Å². The van der Waals surface area contributed by atoms with Crippen molar-refractivity contribution in [2.45, 2.75) is 31.7 Å². The SMILES string of the molecule is Cc1ccc(CS(=O)(=O)NC[C@@H](c2ccsc2)N2CCc3ccccc3C2)cc1. The van der Waals surface area contributed by atoms with Crippen molar-refractivity contribution in [3.05, 3.63) is 93.2 Å². The number of benzene rings is 2. The highest BCUT2D eigenvalue weighted by Crippen LogP contribution is 2.29. The van der Waals surface area contributed by atoms with Gasteiger partial charge in [-0.25, -0.2) is 13.1 Å². The van der Waals surface area contributed by atoms with Crippen molar-refractivity contribution in [3.8, 4) is 0 Å². The smallest absolute Gasteiger partial charge is 0.215 e. The molecule has 1 atom stereocenters. The molecule has 0 saturated carbocycles. The van der Waals surface area contributed by atoms with Gasteiger partial charge in [-0.3, -0.25) is 4.90 Å². The van der Waals surface area contributed by atoms with Gasteiger partial charge in [0.1, 0.15) is 0 Å². The van der Waals surface area contributed by atoms with E-state index in [0.29, 0.717) is 6.54 Å². The van der Waals surface area contributed by atoms with Crippen molar-refractivity contribution >= 4 is 21.4 Å². The summed E-state index contributed by atoms with van der Waals surface area (Å²) < 4.78 is 28.3. The molecule has 1 aliphatic heterocycles. The van der Waals surface area contributed by atoms with Crippen LogP contribution in [-0.4, -0.2) is 26.4 Å². The molecule has 2 heterocycles. The van der Waals surface area contributed by atoms with Gasteiger partial charge in [0.15, 0.2) is 0 Å². The van der Waals surface area contributed by atoms with E-state index in [2.05, 4.69) is 50.7 Å². The van der Waals surface area contributed by atoms with E-state index in [4.69, 9.17) is 0 Å². The van der Waals surface area contributed by atoms with Crippen molar-refractivity contribution in [2.75, 3.05) is 13.1 Å². The molecule has 0 saturated heterocycles. The Labute approximate surface area is 177 Å². The molecule has 0 amide bonds. The van der Waals surface area contributed by atoms with Gasteiger partial charge in [0.25, 0.3) is 0 Å². The monoisotopic (exact) mass is 426 g/mol. The Morgan fingerprint density at radius 3 is 2.55 bits per heavy atom. The third-order valence-corrected chi connectivity index (χ3v) is 7.52. The molecule has 4 rings (SSSR count). The van der Waals surface area contributed by atoms with Gasteiger partial charge < -0.3 is 0 Å². The molecule has 1 aliphatic rings. The second-order valence-corrected chi connectivity index (χ2v) is 10.2. The van der Waals surface area contributed by atoms with Crippen molar-refractivity contribution in [1.82, 2.24) is 9.62 Å². The fourth-order valence-corrected chi connectivity index (χ4v) is 5.72. The number of sulfonamides is 1. The van der Waals surface area contributed by atoms with Crippen molar-refractivity contribution in [2.24, 2.45) is 0 Å². The minimum absolute atomic E-state index is 0.00642. The number of hydrogen-bond donors (Lipinski definition) is 1. The van der Waals surface area contributed by atoms with Gasteiger partial charge in [-0.05, 0) is 52.4 Å². The molecular formula is C23H26N2O2S2. The number of thiophene rings is 1. The number of rotatable bonds is 7. The van der Waals surface area contributed by atoms with Gasteiger partial charge in [0.2, 0.25) is 10.0 Å². The maximum Gasteiger partial charge on any atom is 0.215 e. The van der Waals surface area contributed by atoms with Gasteiger partial charge in [0.05, 0.1) is 5.75 Å². The molecule has 1 N–H and O–H groups in total. The average molecular weight is 427 g/mol. The quantitative estimate of drug-likeness (QED) is 0.614. The van der Waals surface area contributed by atoms with Gasteiger partial charge in [-0.1, -0.05) is 54.1 Å². The Balaban J connectivity index is 1.48. The highest BCUT2D eigenvalue weighted by molar-refractivity contribution is 7.88. The zero-order valence-electron chi connectivity index (χ0n) is 16.5. The van der Waals surface area contributed by atoms with E-state index in [-0.39, 0.29) is 11.8 Å². The maximum absolute atomic E-state index is 12.7. The van der Waals surface area contributed by atoms with Crippen LogP contribution in [0.3, 0.4) is 0 Å².